The van der Waals surface area contributed by atoms with Crippen LogP contribution in [0.4, 0.5) is 5.69 Å². The number of hydrogen-bond donors (Lipinski definition) is 1. The Morgan fingerprint density at radius 2 is 1.82 bits per heavy atom. The Morgan fingerprint density at radius 3 is 2.46 bits per heavy atom. The van der Waals surface area contributed by atoms with Crippen LogP contribution in [0.1, 0.15) is 25.7 Å². The van der Waals surface area contributed by atoms with E-state index in [1.54, 1.807) is 43.5 Å². The highest BCUT2D eigenvalue weighted by Crippen LogP contribution is 2.28. The summed E-state index contributed by atoms with van der Waals surface area (Å²) >= 11 is 5.87. The Kier molecular flexibility index (Phi) is 6.59. The molecule has 0 aromatic heterocycles. The number of anilines is 1. The molecule has 3 rings (SSSR count). The van der Waals surface area contributed by atoms with Crippen molar-refractivity contribution < 1.29 is 17.9 Å². The minimum atomic E-state index is -3.68. The quantitative estimate of drug-likeness (QED) is 0.765. The molecular formula is C20H23ClN2O4S. The maximum absolute atomic E-state index is 13.1. The van der Waals surface area contributed by atoms with E-state index in [4.69, 9.17) is 16.3 Å². The van der Waals surface area contributed by atoms with Crippen LogP contribution in [0, 0.1) is 0 Å². The molecule has 8 heteroatoms. The number of methoxy groups -OCH3 is 1. The van der Waals surface area contributed by atoms with Gasteiger partial charge >= 0.3 is 0 Å². The van der Waals surface area contributed by atoms with Crippen molar-refractivity contribution in [3.8, 4) is 5.75 Å². The van der Waals surface area contributed by atoms with Crippen LogP contribution < -0.4 is 10.1 Å². The van der Waals surface area contributed by atoms with Gasteiger partial charge in [0.05, 0.1) is 12.0 Å². The average molecular weight is 423 g/mol. The van der Waals surface area contributed by atoms with Gasteiger partial charge in [0.1, 0.15) is 5.75 Å². The third-order valence-electron chi connectivity index (χ3n) is 4.79. The van der Waals surface area contributed by atoms with E-state index in [1.807, 2.05) is 0 Å². The summed E-state index contributed by atoms with van der Waals surface area (Å²) in [5, 5.41) is 3.31. The van der Waals surface area contributed by atoms with Crippen molar-refractivity contribution in [1.82, 2.24) is 4.31 Å². The van der Waals surface area contributed by atoms with Crippen LogP contribution in [0.25, 0.3) is 0 Å². The van der Waals surface area contributed by atoms with Crippen LogP contribution in [0.15, 0.2) is 53.4 Å². The smallest absolute Gasteiger partial charge is 0.243 e. The largest absolute Gasteiger partial charge is 0.497 e. The molecule has 28 heavy (non-hydrogen) atoms. The van der Waals surface area contributed by atoms with Crippen LogP contribution in [-0.2, 0) is 14.8 Å². The summed E-state index contributed by atoms with van der Waals surface area (Å²) in [6, 6.07) is 12.8. The first kappa shape index (κ1) is 20.6. The number of ether oxygens (including phenoxy) is 1. The first-order chi connectivity index (χ1) is 13.4. The Hall–Kier alpha value is -2.09. The molecule has 1 heterocycles. The predicted octanol–water partition coefficient (Wildman–Crippen LogP) is 3.92. The van der Waals surface area contributed by atoms with Gasteiger partial charge in [-0.15, -0.1) is 0 Å². The number of amides is 1. The summed E-state index contributed by atoms with van der Waals surface area (Å²) in [5.41, 5.74) is 0.647. The SMILES string of the molecule is COc1ccc(NC(=O)C[C@@H]2CCCCN2S(=O)(=O)c2ccc(Cl)cc2)cc1. The molecule has 0 spiro atoms. The lowest BCUT2D eigenvalue weighted by atomic mass is 10.0. The van der Waals surface area contributed by atoms with Crippen molar-refractivity contribution in [2.45, 2.75) is 36.6 Å². The van der Waals surface area contributed by atoms with E-state index >= 15 is 0 Å². The number of halogens is 1. The van der Waals surface area contributed by atoms with Gasteiger partial charge in [-0.2, -0.15) is 4.31 Å². The first-order valence-corrected chi connectivity index (χ1v) is 10.9. The molecule has 1 atom stereocenters. The van der Waals surface area contributed by atoms with E-state index in [0.717, 1.165) is 12.8 Å². The average Bonchev–Trinajstić information content (AvgIpc) is 2.69. The second-order valence-corrected chi connectivity index (χ2v) is 9.03. The molecule has 1 N–H and O–H groups in total. The molecule has 0 radical (unpaired) electrons. The second-order valence-electron chi connectivity index (χ2n) is 6.70. The fourth-order valence-electron chi connectivity index (χ4n) is 3.34. The number of hydrogen-bond acceptors (Lipinski definition) is 4. The number of carbonyl (C=O) groups excluding carboxylic acids is 1. The summed E-state index contributed by atoms with van der Waals surface area (Å²) in [7, 11) is -2.10. The number of piperidine rings is 1. The number of carbonyl (C=O) groups is 1. The van der Waals surface area contributed by atoms with Crippen molar-refractivity contribution in [2.24, 2.45) is 0 Å². The van der Waals surface area contributed by atoms with Crippen LogP contribution in [0.2, 0.25) is 5.02 Å². The van der Waals surface area contributed by atoms with E-state index in [2.05, 4.69) is 5.32 Å². The molecule has 6 nitrogen and oxygen atoms in total. The molecular weight excluding hydrogens is 400 g/mol. The third-order valence-corrected chi connectivity index (χ3v) is 7.01. The zero-order chi connectivity index (χ0) is 20.1. The second kappa shape index (κ2) is 8.94. The predicted molar refractivity (Wildman–Crippen MR) is 109 cm³/mol. The maximum Gasteiger partial charge on any atom is 0.243 e. The summed E-state index contributed by atoms with van der Waals surface area (Å²) < 4.78 is 32.7. The van der Waals surface area contributed by atoms with Gasteiger partial charge < -0.3 is 10.1 Å². The highest BCUT2D eigenvalue weighted by atomic mass is 35.5. The van der Waals surface area contributed by atoms with E-state index in [0.29, 0.717) is 29.4 Å². The molecule has 0 saturated carbocycles. The topological polar surface area (TPSA) is 75.7 Å². The van der Waals surface area contributed by atoms with Crippen LogP contribution in [0.3, 0.4) is 0 Å². The number of nitrogens with zero attached hydrogens (tertiary/aromatic N) is 1. The third kappa shape index (κ3) is 4.84. The zero-order valence-corrected chi connectivity index (χ0v) is 17.2. The normalized spacial score (nSPS) is 17.9. The molecule has 150 valence electrons. The fraction of sp³-hybridized carbons (Fsp3) is 0.350. The molecule has 1 fully saturated rings. The maximum atomic E-state index is 13.1. The molecule has 2 aromatic rings. The molecule has 0 aliphatic carbocycles. The van der Waals surface area contributed by atoms with Crippen molar-refractivity contribution in [2.75, 3.05) is 19.0 Å². The molecule has 1 aliphatic rings. The number of benzene rings is 2. The minimum absolute atomic E-state index is 0.110. The lowest BCUT2D eigenvalue weighted by Gasteiger charge is -2.34. The van der Waals surface area contributed by atoms with Crippen molar-refractivity contribution in [3.05, 3.63) is 53.6 Å². The number of nitrogens with one attached hydrogen (secondary N) is 1. The van der Waals surface area contributed by atoms with E-state index in [1.165, 1.54) is 16.4 Å². The summed E-state index contributed by atoms with van der Waals surface area (Å²) in [5.74, 6) is 0.485. The highest BCUT2D eigenvalue weighted by molar-refractivity contribution is 7.89. The Balaban J connectivity index is 1.71. The van der Waals surface area contributed by atoms with E-state index < -0.39 is 10.0 Å². The molecule has 0 unspecified atom stereocenters. The van der Waals surface area contributed by atoms with Gasteiger partial charge in [-0.3, -0.25) is 4.79 Å². The first-order valence-electron chi connectivity index (χ1n) is 9.11. The van der Waals surface area contributed by atoms with Crippen LogP contribution in [0.5, 0.6) is 5.75 Å². The zero-order valence-electron chi connectivity index (χ0n) is 15.6. The summed E-state index contributed by atoms with van der Waals surface area (Å²) in [6.45, 7) is 0.408. The number of rotatable bonds is 6. The van der Waals surface area contributed by atoms with Gasteiger partial charge in [0.15, 0.2) is 0 Å². The standard InChI is InChI=1S/C20H23ClN2O4S/c1-27-18-9-7-16(8-10-18)22-20(24)14-17-4-2-3-13-23(17)28(25,26)19-11-5-15(21)6-12-19/h5-12,17H,2-4,13-14H2,1H3,(H,22,24)/t17-/m0/s1. The van der Waals surface area contributed by atoms with Gasteiger partial charge in [-0.05, 0) is 61.4 Å². The summed E-state index contributed by atoms with van der Waals surface area (Å²) in [4.78, 5) is 12.7. The van der Waals surface area contributed by atoms with Crippen molar-refractivity contribution in [1.29, 1.82) is 0 Å². The van der Waals surface area contributed by atoms with Gasteiger partial charge in [0, 0.05) is 29.7 Å². The molecule has 2 aromatic carbocycles. The molecule has 0 bridgehead atoms. The van der Waals surface area contributed by atoms with E-state index in [9.17, 15) is 13.2 Å². The Bertz CT molecular complexity index is 914. The lowest BCUT2D eigenvalue weighted by Crippen LogP contribution is -2.45. The van der Waals surface area contributed by atoms with Crippen LogP contribution in [-0.4, -0.2) is 38.3 Å². The lowest BCUT2D eigenvalue weighted by molar-refractivity contribution is -0.117. The van der Waals surface area contributed by atoms with Gasteiger partial charge in [0.25, 0.3) is 0 Å². The fourth-order valence-corrected chi connectivity index (χ4v) is 5.16. The van der Waals surface area contributed by atoms with Gasteiger partial charge in [-0.1, -0.05) is 18.0 Å². The van der Waals surface area contributed by atoms with Gasteiger partial charge in [0.2, 0.25) is 15.9 Å². The highest BCUT2D eigenvalue weighted by Gasteiger charge is 2.34. The van der Waals surface area contributed by atoms with Gasteiger partial charge in [-0.25, -0.2) is 8.42 Å². The van der Waals surface area contributed by atoms with Crippen LogP contribution >= 0.6 is 11.6 Å². The van der Waals surface area contributed by atoms with E-state index in [-0.39, 0.29) is 23.3 Å². The minimum Gasteiger partial charge on any atom is -0.497 e. The molecule has 1 aliphatic heterocycles. The number of sulfonamides is 1. The monoisotopic (exact) mass is 422 g/mol. The summed E-state index contributed by atoms with van der Waals surface area (Å²) in [6.07, 6.45) is 2.44. The molecule has 1 amide bonds. The van der Waals surface area contributed by atoms with Crippen molar-refractivity contribution >= 4 is 33.2 Å². The van der Waals surface area contributed by atoms with Crippen molar-refractivity contribution in [3.63, 3.8) is 0 Å². The molecule has 1 saturated heterocycles. The Morgan fingerprint density at radius 1 is 1.14 bits per heavy atom. The Labute approximate surface area is 170 Å².